The number of anilines is 1. The molecule has 0 atom stereocenters. The highest BCUT2D eigenvalue weighted by molar-refractivity contribution is 5.81. The van der Waals surface area contributed by atoms with E-state index in [1.807, 2.05) is 0 Å². The van der Waals surface area contributed by atoms with Gasteiger partial charge in [0.15, 0.2) is 0 Å². The Hall–Kier alpha value is -1.65. The van der Waals surface area contributed by atoms with Gasteiger partial charge in [-0.15, -0.1) is 0 Å². The predicted molar refractivity (Wildman–Crippen MR) is 45.6 cm³/mol. The van der Waals surface area contributed by atoms with E-state index in [1.165, 1.54) is 18.2 Å². The quantitative estimate of drug-likeness (QED) is 0.665. The number of fused-ring (bicyclic) bond motifs is 1. The van der Waals surface area contributed by atoms with Gasteiger partial charge >= 0.3 is 6.18 Å². The van der Waals surface area contributed by atoms with E-state index in [0.717, 1.165) is 6.07 Å². The van der Waals surface area contributed by atoms with E-state index in [2.05, 4.69) is 4.42 Å². The molecular formula is C9H6F3NO. The van der Waals surface area contributed by atoms with Gasteiger partial charge in [-0.05, 0) is 18.2 Å². The summed E-state index contributed by atoms with van der Waals surface area (Å²) < 4.78 is 41.2. The van der Waals surface area contributed by atoms with Crippen molar-refractivity contribution < 1.29 is 17.6 Å². The van der Waals surface area contributed by atoms with Gasteiger partial charge in [0.25, 0.3) is 0 Å². The van der Waals surface area contributed by atoms with Crippen molar-refractivity contribution in [2.75, 3.05) is 5.73 Å². The van der Waals surface area contributed by atoms with Gasteiger partial charge in [0.1, 0.15) is 5.58 Å². The fourth-order valence-corrected chi connectivity index (χ4v) is 1.19. The van der Waals surface area contributed by atoms with E-state index >= 15 is 0 Å². The molecule has 0 fully saturated rings. The zero-order valence-corrected chi connectivity index (χ0v) is 6.93. The number of halogens is 3. The first kappa shape index (κ1) is 8.93. The summed E-state index contributed by atoms with van der Waals surface area (Å²) in [4.78, 5) is 0. The lowest BCUT2D eigenvalue weighted by Gasteiger charge is -1.99. The van der Waals surface area contributed by atoms with Crippen molar-refractivity contribution in [3.05, 3.63) is 30.0 Å². The maximum Gasteiger partial charge on any atom is 0.449 e. The van der Waals surface area contributed by atoms with Crippen LogP contribution in [-0.2, 0) is 6.18 Å². The molecule has 2 N–H and O–H groups in total. The maximum atomic E-state index is 12.2. The third kappa shape index (κ3) is 1.41. The van der Waals surface area contributed by atoms with Crippen LogP contribution in [0.2, 0.25) is 0 Å². The van der Waals surface area contributed by atoms with Crippen LogP contribution in [0.25, 0.3) is 11.0 Å². The fraction of sp³-hybridized carbons (Fsp3) is 0.111. The summed E-state index contributed by atoms with van der Waals surface area (Å²) in [5.74, 6) is -1.00. The molecule has 0 aliphatic heterocycles. The molecule has 2 rings (SSSR count). The van der Waals surface area contributed by atoms with Crippen LogP contribution in [0.3, 0.4) is 0 Å². The van der Waals surface area contributed by atoms with Gasteiger partial charge < -0.3 is 10.2 Å². The van der Waals surface area contributed by atoms with E-state index in [-0.39, 0.29) is 5.58 Å². The van der Waals surface area contributed by atoms with Gasteiger partial charge in [-0.25, -0.2) is 0 Å². The lowest BCUT2D eigenvalue weighted by molar-refractivity contribution is -0.152. The van der Waals surface area contributed by atoms with Gasteiger partial charge in [-0.1, -0.05) is 0 Å². The second kappa shape index (κ2) is 2.67. The summed E-state index contributed by atoms with van der Waals surface area (Å²) in [7, 11) is 0. The molecular weight excluding hydrogens is 195 g/mol. The Labute approximate surface area is 77.1 Å². The summed E-state index contributed by atoms with van der Waals surface area (Å²) >= 11 is 0. The average molecular weight is 201 g/mol. The number of furan rings is 1. The molecule has 0 aliphatic rings. The van der Waals surface area contributed by atoms with E-state index in [4.69, 9.17) is 5.73 Å². The molecule has 0 unspecified atom stereocenters. The van der Waals surface area contributed by atoms with Crippen LogP contribution in [0.5, 0.6) is 0 Å². The van der Waals surface area contributed by atoms with Gasteiger partial charge in [0.05, 0.1) is 0 Å². The minimum atomic E-state index is -4.45. The molecule has 0 amide bonds. The van der Waals surface area contributed by atoms with Crippen molar-refractivity contribution >= 4 is 16.7 Å². The number of nitrogen functional groups attached to an aromatic ring is 1. The molecule has 74 valence electrons. The first-order valence-electron chi connectivity index (χ1n) is 3.83. The van der Waals surface area contributed by atoms with Crippen molar-refractivity contribution in [1.82, 2.24) is 0 Å². The highest BCUT2D eigenvalue weighted by Crippen LogP contribution is 2.34. The van der Waals surface area contributed by atoms with Crippen LogP contribution >= 0.6 is 0 Å². The Balaban J connectivity index is 2.63. The molecule has 2 aromatic rings. The monoisotopic (exact) mass is 201 g/mol. The number of nitrogens with two attached hydrogens (primary N) is 1. The lowest BCUT2D eigenvalue weighted by atomic mass is 10.2. The zero-order valence-electron chi connectivity index (χ0n) is 6.93. The van der Waals surface area contributed by atoms with Crippen LogP contribution in [0.15, 0.2) is 28.7 Å². The minimum Gasteiger partial charge on any atom is -0.451 e. The van der Waals surface area contributed by atoms with Crippen LogP contribution in [-0.4, -0.2) is 0 Å². The Bertz CT molecular complexity index is 472. The average Bonchev–Trinajstić information content (AvgIpc) is 2.45. The van der Waals surface area contributed by atoms with Crippen LogP contribution in [0, 0.1) is 0 Å². The molecule has 1 heterocycles. The zero-order chi connectivity index (χ0) is 10.3. The predicted octanol–water partition coefficient (Wildman–Crippen LogP) is 3.03. The van der Waals surface area contributed by atoms with Crippen LogP contribution in [0.1, 0.15) is 5.76 Å². The van der Waals surface area contributed by atoms with Crippen LogP contribution in [0.4, 0.5) is 18.9 Å². The van der Waals surface area contributed by atoms with Crippen LogP contribution < -0.4 is 5.73 Å². The normalized spacial score (nSPS) is 12.2. The second-order valence-electron chi connectivity index (χ2n) is 2.91. The van der Waals surface area contributed by atoms with Crippen molar-refractivity contribution in [1.29, 1.82) is 0 Å². The Morgan fingerprint density at radius 2 is 1.86 bits per heavy atom. The maximum absolute atomic E-state index is 12.2. The van der Waals surface area contributed by atoms with Crippen molar-refractivity contribution in [2.24, 2.45) is 0 Å². The Kier molecular flexibility index (Phi) is 1.70. The number of hydrogen-bond acceptors (Lipinski definition) is 2. The van der Waals surface area contributed by atoms with Crippen molar-refractivity contribution in [2.45, 2.75) is 6.18 Å². The Morgan fingerprint density at radius 3 is 2.50 bits per heavy atom. The number of benzene rings is 1. The smallest absolute Gasteiger partial charge is 0.449 e. The topological polar surface area (TPSA) is 39.2 Å². The molecule has 0 saturated carbocycles. The standard InChI is InChI=1S/C9H6F3NO/c10-9(11,12)8-3-5-1-2-6(13)4-7(5)14-8/h1-4H,13H2. The number of rotatable bonds is 0. The molecule has 1 aromatic carbocycles. The molecule has 5 heteroatoms. The molecule has 14 heavy (non-hydrogen) atoms. The number of hydrogen-bond donors (Lipinski definition) is 1. The largest absolute Gasteiger partial charge is 0.451 e. The SMILES string of the molecule is Nc1ccc2cc(C(F)(F)F)oc2c1. The molecule has 0 aliphatic carbocycles. The molecule has 0 saturated heterocycles. The van der Waals surface area contributed by atoms with Gasteiger partial charge in [-0.3, -0.25) is 0 Å². The van der Waals surface area contributed by atoms with Crippen molar-refractivity contribution in [3.8, 4) is 0 Å². The molecule has 0 radical (unpaired) electrons. The van der Waals surface area contributed by atoms with E-state index in [0.29, 0.717) is 11.1 Å². The fourth-order valence-electron chi connectivity index (χ4n) is 1.19. The minimum absolute atomic E-state index is 0.150. The summed E-state index contributed by atoms with van der Waals surface area (Å²) in [5, 5.41) is 0.395. The molecule has 2 nitrogen and oxygen atoms in total. The molecule has 1 aromatic heterocycles. The number of alkyl halides is 3. The highest BCUT2D eigenvalue weighted by atomic mass is 19.4. The summed E-state index contributed by atoms with van der Waals surface area (Å²) in [6.07, 6.45) is -4.45. The Morgan fingerprint density at radius 1 is 1.14 bits per heavy atom. The summed E-state index contributed by atoms with van der Waals surface area (Å²) in [5.41, 5.74) is 5.93. The van der Waals surface area contributed by atoms with Gasteiger partial charge in [0, 0.05) is 17.1 Å². The van der Waals surface area contributed by atoms with Gasteiger partial charge in [0.2, 0.25) is 5.76 Å². The first-order valence-corrected chi connectivity index (χ1v) is 3.83. The summed E-state index contributed by atoms with van der Waals surface area (Å²) in [6.45, 7) is 0. The second-order valence-corrected chi connectivity index (χ2v) is 2.91. The molecule has 0 spiro atoms. The first-order chi connectivity index (χ1) is 6.47. The van der Waals surface area contributed by atoms with Crippen molar-refractivity contribution in [3.63, 3.8) is 0 Å². The summed E-state index contributed by atoms with van der Waals surface area (Å²) in [6, 6.07) is 5.33. The third-order valence-corrected chi connectivity index (χ3v) is 1.82. The third-order valence-electron chi connectivity index (χ3n) is 1.82. The van der Waals surface area contributed by atoms with E-state index in [1.54, 1.807) is 0 Å². The molecule has 0 bridgehead atoms. The van der Waals surface area contributed by atoms with E-state index < -0.39 is 11.9 Å². The van der Waals surface area contributed by atoms with E-state index in [9.17, 15) is 13.2 Å². The van der Waals surface area contributed by atoms with Gasteiger partial charge in [-0.2, -0.15) is 13.2 Å². The highest BCUT2D eigenvalue weighted by Gasteiger charge is 2.35. The lowest BCUT2D eigenvalue weighted by Crippen LogP contribution is -2.01.